The first-order valence-electron chi connectivity index (χ1n) is 21.9. The molecule has 1 amide bonds. The smallest absolute Gasteiger partial charge is 0.293 e. The number of ether oxygens (including phenoxy) is 1. The molecule has 0 bridgehead atoms. The summed E-state index contributed by atoms with van der Waals surface area (Å²) in [7, 11) is -5.26. The number of amides is 1. The first-order chi connectivity index (χ1) is 31.0. The molecule has 1 aliphatic carbocycles. The number of aromatic nitrogens is 2. The topological polar surface area (TPSA) is 192 Å². The quantitative estimate of drug-likeness (QED) is 0.0753. The van der Waals surface area contributed by atoms with Crippen LogP contribution in [0.4, 0.5) is 17.1 Å². The Labute approximate surface area is 385 Å². The number of halogens is 1. The highest BCUT2D eigenvalue weighted by Gasteiger charge is 2.32. The van der Waals surface area contributed by atoms with Crippen LogP contribution < -0.4 is 19.7 Å². The minimum absolute atomic E-state index is 0.0547. The maximum atomic E-state index is 14.0. The lowest BCUT2D eigenvalue weighted by atomic mass is 9.72. The van der Waals surface area contributed by atoms with Gasteiger partial charge in [-0.1, -0.05) is 43.2 Å². The SMILES string of the molecule is CN=S1(=O)CCC(C(C)Nc2ccc(S(=O)(=O)NC(=O)c3ccc(N4CCN(CC5=C(c6ccc(Cl)cc6)CC(C)(C)CC5)CC4)cc3Oc3cnc4[nH]ccc4c3)cc2[N+](=O)[O-])CC1. The van der Waals surface area contributed by atoms with Crippen LogP contribution in [-0.4, -0.2) is 95.6 Å². The average molecular weight is 944 g/mol. The number of hydrogen-bond acceptors (Lipinski definition) is 12. The van der Waals surface area contributed by atoms with Crippen molar-refractivity contribution in [2.75, 3.05) is 61.5 Å². The minimum Gasteiger partial charge on any atom is -0.455 e. The van der Waals surface area contributed by atoms with Crippen molar-refractivity contribution in [3.63, 3.8) is 0 Å². The second kappa shape index (κ2) is 18.8. The summed E-state index contributed by atoms with van der Waals surface area (Å²) < 4.78 is 52.8. The zero-order chi connectivity index (χ0) is 46.1. The summed E-state index contributed by atoms with van der Waals surface area (Å²) in [4.78, 5) is 37.3. The highest BCUT2D eigenvalue weighted by atomic mass is 35.5. The van der Waals surface area contributed by atoms with Crippen molar-refractivity contribution in [1.82, 2.24) is 19.6 Å². The first-order valence-corrected chi connectivity index (χ1v) is 25.6. The molecular weight excluding hydrogens is 888 g/mol. The number of anilines is 2. The maximum Gasteiger partial charge on any atom is 0.293 e. The number of carbonyl (C=O) groups is 1. The fraction of sp³-hybridized carbons (Fsp3) is 0.404. The summed E-state index contributed by atoms with van der Waals surface area (Å²) in [6.07, 6.45) is 7.73. The van der Waals surface area contributed by atoms with Gasteiger partial charge in [0.25, 0.3) is 21.6 Å². The molecule has 0 saturated carbocycles. The Balaban J connectivity index is 0.998. The first kappa shape index (κ1) is 46.1. The Morgan fingerprint density at radius 1 is 1.06 bits per heavy atom. The Bertz CT molecular complexity index is 2870. The van der Waals surface area contributed by atoms with E-state index in [2.05, 4.69) is 60.1 Å². The van der Waals surface area contributed by atoms with E-state index >= 15 is 0 Å². The lowest BCUT2D eigenvalue weighted by Crippen LogP contribution is -2.47. The number of nitro benzene ring substituents is 1. The van der Waals surface area contributed by atoms with Crippen molar-refractivity contribution in [1.29, 1.82) is 0 Å². The predicted molar refractivity (Wildman–Crippen MR) is 257 cm³/mol. The van der Waals surface area contributed by atoms with Gasteiger partial charge in [0.1, 0.15) is 22.8 Å². The number of allylic oxidation sites excluding steroid dienone is 1. The van der Waals surface area contributed by atoms with Crippen LogP contribution in [0.15, 0.2) is 100 Å². The lowest BCUT2D eigenvalue weighted by molar-refractivity contribution is -0.384. The largest absolute Gasteiger partial charge is 0.455 e. The number of pyridine rings is 1. The van der Waals surface area contributed by atoms with Gasteiger partial charge >= 0.3 is 0 Å². The third-order valence-corrected chi connectivity index (χ3v) is 17.1. The number of hydrogen-bond donors (Lipinski definition) is 3. The average Bonchev–Trinajstić information content (AvgIpc) is 3.76. The fourth-order valence-corrected chi connectivity index (χ4v) is 12.2. The molecule has 2 fully saturated rings. The van der Waals surface area contributed by atoms with Crippen molar-refractivity contribution in [3.05, 3.63) is 117 Å². The molecule has 3 aromatic carbocycles. The summed E-state index contributed by atoms with van der Waals surface area (Å²) in [5.41, 5.74) is 5.38. The third kappa shape index (κ3) is 10.6. The van der Waals surface area contributed by atoms with Gasteiger partial charge in [-0.05, 0) is 110 Å². The number of aromatic amines is 1. The molecule has 0 radical (unpaired) electrons. The van der Waals surface area contributed by atoms with E-state index in [1.165, 1.54) is 41.1 Å². The van der Waals surface area contributed by atoms with Crippen molar-refractivity contribution < 1.29 is 27.1 Å². The van der Waals surface area contributed by atoms with Crippen LogP contribution in [0, 0.1) is 21.4 Å². The van der Waals surface area contributed by atoms with Crippen molar-refractivity contribution in [2.24, 2.45) is 15.7 Å². The Kier molecular flexibility index (Phi) is 13.3. The van der Waals surface area contributed by atoms with Gasteiger partial charge < -0.3 is 19.9 Å². The normalized spacial score (nSPS) is 20.9. The standard InChI is InChI=1S/C47H55ClN8O7S2/c1-31(32-15-23-64(60,49-4)24-16-32)52-42-12-10-39(27-43(42)56(58)59)65(61,62)53-46(57)40-11-9-37(26-44(40)63-38-25-34-14-18-50-45(34)51-29-38)55-21-19-54(20-22-55)30-35-13-17-47(2,3)28-41(35)33-5-7-36(48)8-6-33/h5-12,14,18,25-27,29,31-32,52H,13,15-17,19-24,28,30H2,1-4H3,(H,50,51)(H,53,57). The van der Waals surface area contributed by atoms with E-state index in [1.807, 2.05) is 25.1 Å². The molecule has 3 aliphatic rings. The molecule has 3 N–H and O–H groups in total. The van der Waals surface area contributed by atoms with Gasteiger partial charge in [0.15, 0.2) is 0 Å². The van der Waals surface area contributed by atoms with Crippen LogP contribution in [-0.2, 0) is 19.8 Å². The number of H-pyrrole nitrogens is 1. The van der Waals surface area contributed by atoms with E-state index < -0.39 is 41.2 Å². The number of rotatable bonds is 13. The molecule has 2 aromatic heterocycles. The minimum atomic E-state index is -4.61. The number of sulfonamides is 1. The predicted octanol–water partition coefficient (Wildman–Crippen LogP) is 9.13. The summed E-state index contributed by atoms with van der Waals surface area (Å²) in [6, 6.07) is 20.1. The Morgan fingerprint density at radius 2 is 1.80 bits per heavy atom. The summed E-state index contributed by atoms with van der Waals surface area (Å²) in [5, 5.41) is 17.0. The monoisotopic (exact) mass is 942 g/mol. The Morgan fingerprint density at radius 3 is 2.51 bits per heavy atom. The van der Waals surface area contributed by atoms with Gasteiger partial charge in [0.05, 0.1) is 21.6 Å². The third-order valence-electron chi connectivity index (χ3n) is 13.1. The van der Waals surface area contributed by atoms with E-state index in [4.69, 9.17) is 16.3 Å². The molecule has 1 unspecified atom stereocenters. The number of benzene rings is 3. The number of nitrogens with zero attached hydrogens (tertiary/aromatic N) is 5. The number of carbonyl (C=O) groups excluding carboxylic acids is 1. The van der Waals surface area contributed by atoms with Crippen LogP contribution in [0.1, 0.15) is 68.8 Å². The molecule has 5 aromatic rings. The molecule has 344 valence electrons. The summed E-state index contributed by atoms with van der Waals surface area (Å²) >= 11 is 6.25. The number of nitro groups is 1. The van der Waals surface area contributed by atoms with Gasteiger partial charge in [-0.15, -0.1) is 0 Å². The Hall–Kier alpha value is -5.49. The summed E-state index contributed by atoms with van der Waals surface area (Å²) in [5.74, 6) is 0.479. The molecule has 65 heavy (non-hydrogen) atoms. The molecule has 1 atom stereocenters. The number of fused-ring (bicyclic) bond motifs is 1. The zero-order valence-corrected chi connectivity index (χ0v) is 39.4. The van der Waals surface area contributed by atoms with E-state index in [0.29, 0.717) is 48.8 Å². The van der Waals surface area contributed by atoms with Crippen molar-refractivity contribution >= 4 is 70.9 Å². The molecule has 15 nitrogen and oxygen atoms in total. The number of piperazine rings is 1. The van der Waals surface area contributed by atoms with Gasteiger partial charge in [-0.2, -0.15) is 0 Å². The summed E-state index contributed by atoms with van der Waals surface area (Å²) in [6.45, 7) is 10.5. The van der Waals surface area contributed by atoms with Crippen LogP contribution in [0.5, 0.6) is 11.5 Å². The molecule has 4 heterocycles. The van der Waals surface area contributed by atoms with E-state index in [9.17, 15) is 27.5 Å². The van der Waals surface area contributed by atoms with E-state index in [-0.39, 0.29) is 34.4 Å². The molecule has 2 saturated heterocycles. The second-order valence-electron chi connectivity index (χ2n) is 18.1. The van der Waals surface area contributed by atoms with Gasteiger partial charge in [-0.25, -0.2) is 26.7 Å². The van der Waals surface area contributed by atoms with E-state index in [1.54, 1.807) is 31.4 Å². The molecule has 8 rings (SSSR count). The van der Waals surface area contributed by atoms with E-state index in [0.717, 1.165) is 61.1 Å². The molecule has 18 heteroatoms. The molecular formula is C47H55ClN8O7S2. The van der Waals surface area contributed by atoms with Gasteiger partial charge in [0, 0.05) is 101 Å². The fourth-order valence-electron chi connectivity index (χ4n) is 9.13. The lowest BCUT2D eigenvalue weighted by Gasteiger charge is -2.39. The van der Waals surface area contributed by atoms with Gasteiger partial charge in [0.2, 0.25) is 0 Å². The van der Waals surface area contributed by atoms with Crippen molar-refractivity contribution in [2.45, 2.75) is 63.8 Å². The van der Waals surface area contributed by atoms with Crippen LogP contribution in [0.3, 0.4) is 0 Å². The maximum absolute atomic E-state index is 14.0. The van der Waals surface area contributed by atoms with Gasteiger partial charge in [-0.3, -0.25) is 19.8 Å². The van der Waals surface area contributed by atoms with Crippen molar-refractivity contribution in [3.8, 4) is 11.5 Å². The molecule has 2 aliphatic heterocycles. The highest BCUT2D eigenvalue weighted by Crippen LogP contribution is 2.43. The highest BCUT2D eigenvalue weighted by molar-refractivity contribution is 7.93. The number of nitrogens with one attached hydrogen (secondary N) is 3. The van der Waals surface area contributed by atoms with Crippen LogP contribution in [0.25, 0.3) is 16.6 Å². The zero-order valence-electron chi connectivity index (χ0n) is 37.0. The van der Waals surface area contributed by atoms with Crippen LogP contribution >= 0.6 is 11.6 Å². The van der Waals surface area contributed by atoms with Crippen LogP contribution in [0.2, 0.25) is 5.02 Å². The second-order valence-corrected chi connectivity index (χ2v) is 22.9. The molecule has 0 spiro atoms.